The molecule has 3 rings (SSSR count). The van der Waals surface area contributed by atoms with E-state index in [0.717, 1.165) is 37.2 Å². The van der Waals surface area contributed by atoms with E-state index < -0.39 is 5.60 Å². The van der Waals surface area contributed by atoms with E-state index in [0.29, 0.717) is 6.42 Å². The van der Waals surface area contributed by atoms with Crippen molar-refractivity contribution in [3.63, 3.8) is 0 Å². The summed E-state index contributed by atoms with van der Waals surface area (Å²) in [6.07, 6.45) is 2.18. The molecule has 1 heterocycles. The smallest absolute Gasteiger partial charge is 0.306 e. The second-order valence-electron chi connectivity index (χ2n) is 7.04. The van der Waals surface area contributed by atoms with E-state index in [2.05, 4.69) is 36.1 Å². The van der Waals surface area contributed by atoms with Gasteiger partial charge in [-0.3, -0.25) is 9.69 Å². The van der Waals surface area contributed by atoms with Crippen LogP contribution in [0.2, 0.25) is 0 Å². The van der Waals surface area contributed by atoms with Gasteiger partial charge in [-0.15, -0.1) is 0 Å². The van der Waals surface area contributed by atoms with E-state index in [-0.39, 0.29) is 12.0 Å². The molecule has 26 heavy (non-hydrogen) atoms. The number of rotatable bonds is 6. The quantitative estimate of drug-likeness (QED) is 0.635. The van der Waals surface area contributed by atoms with Gasteiger partial charge in [0.25, 0.3) is 0 Å². The number of ether oxygens (including phenoxy) is 1. The molecule has 2 N–H and O–H groups in total. The van der Waals surface area contributed by atoms with Crippen LogP contribution in [0.3, 0.4) is 0 Å². The first-order chi connectivity index (χ1) is 12.5. The summed E-state index contributed by atoms with van der Waals surface area (Å²) in [6.45, 7) is 5.87. The van der Waals surface area contributed by atoms with Gasteiger partial charge in [-0.05, 0) is 36.6 Å². The predicted octanol–water partition coefficient (Wildman–Crippen LogP) is 3.75. The molecule has 4 heteroatoms. The largest absolute Gasteiger partial charge is 0.452 e. The van der Waals surface area contributed by atoms with E-state index >= 15 is 0 Å². The van der Waals surface area contributed by atoms with Crippen molar-refractivity contribution in [1.29, 1.82) is 0 Å². The van der Waals surface area contributed by atoms with Crippen LogP contribution in [0.5, 0.6) is 0 Å². The van der Waals surface area contributed by atoms with Crippen molar-refractivity contribution in [2.45, 2.75) is 44.8 Å². The fourth-order valence-electron chi connectivity index (χ4n) is 3.85. The van der Waals surface area contributed by atoms with Crippen LogP contribution >= 0.6 is 0 Å². The number of hydrogen-bond acceptors (Lipinski definition) is 4. The highest BCUT2D eigenvalue weighted by Crippen LogP contribution is 2.41. The SMILES string of the molecule is CCC(=O)OC1(c2ccccc2)CCN(CCc2ccc(N)cc2)C1C. The monoisotopic (exact) mass is 352 g/mol. The third-order valence-electron chi connectivity index (χ3n) is 5.51. The van der Waals surface area contributed by atoms with Crippen molar-refractivity contribution in [2.75, 3.05) is 18.8 Å². The van der Waals surface area contributed by atoms with E-state index in [4.69, 9.17) is 10.5 Å². The zero-order valence-electron chi connectivity index (χ0n) is 15.7. The second-order valence-corrected chi connectivity index (χ2v) is 7.04. The molecule has 2 unspecified atom stereocenters. The average Bonchev–Trinajstić information content (AvgIpc) is 2.98. The Bertz CT molecular complexity index is 730. The first kappa shape index (κ1) is 18.5. The van der Waals surface area contributed by atoms with Gasteiger partial charge in [0, 0.05) is 31.6 Å². The topological polar surface area (TPSA) is 55.6 Å². The van der Waals surface area contributed by atoms with Crippen LogP contribution in [-0.4, -0.2) is 30.0 Å². The van der Waals surface area contributed by atoms with Gasteiger partial charge in [-0.25, -0.2) is 0 Å². The Morgan fingerprint density at radius 2 is 1.88 bits per heavy atom. The van der Waals surface area contributed by atoms with Crippen molar-refractivity contribution in [2.24, 2.45) is 0 Å². The summed E-state index contributed by atoms with van der Waals surface area (Å²) >= 11 is 0. The van der Waals surface area contributed by atoms with Crippen LogP contribution < -0.4 is 5.73 Å². The fourth-order valence-corrected chi connectivity index (χ4v) is 3.85. The lowest BCUT2D eigenvalue weighted by atomic mass is 9.86. The molecule has 0 saturated carbocycles. The highest BCUT2D eigenvalue weighted by Gasteiger charge is 2.48. The van der Waals surface area contributed by atoms with Gasteiger partial charge in [0.2, 0.25) is 0 Å². The molecule has 4 nitrogen and oxygen atoms in total. The van der Waals surface area contributed by atoms with Gasteiger partial charge in [-0.2, -0.15) is 0 Å². The molecule has 2 aromatic rings. The minimum Gasteiger partial charge on any atom is -0.452 e. The van der Waals surface area contributed by atoms with E-state index in [1.807, 2.05) is 37.3 Å². The summed E-state index contributed by atoms with van der Waals surface area (Å²) in [7, 11) is 0. The van der Waals surface area contributed by atoms with E-state index in [1.165, 1.54) is 5.56 Å². The lowest BCUT2D eigenvalue weighted by Gasteiger charge is -2.36. The summed E-state index contributed by atoms with van der Waals surface area (Å²) in [5, 5.41) is 0. The molecule has 1 fully saturated rings. The molecule has 138 valence electrons. The first-order valence-electron chi connectivity index (χ1n) is 9.41. The number of carbonyl (C=O) groups excluding carboxylic acids is 1. The number of esters is 1. The third-order valence-corrected chi connectivity index (χ3v) is 5.51. The Hall–Kier alpha value is -2.33. The summed E-state index contributed by atoms with van der Waals surface area (Å²) in [4.78, 5) is 14.6. The Morgan fingerprint density at radius 1 is 1.19 bits per heavy atom. The van der Waals surface area contributed by atoms with Crippen molar-refractivity contribution in [1.82, 2.24) is 4.90 Å². The molecule has 1 saturated heterocycles. The van der Waals surface area contributed by atoms with Gasteiger partial charge in [0.05, 0.1) is 6.04 Å². The normalized spacial score (nSPS) is 23.1. The van der Waals surface area contributed by atoms with Crippen LogP contribution in [0.4, 0.5) is 5.69 Å². The zero-order valence-corrected chi connectivity index (χ0v) is 15.7. The minimum atomic E-state index is -0.560. The lowest BCUT2D eigenvalue weighted by Crippen LogP contribution is -2.44. The molecule has 1 aliphatic heterocycles. The molecule has 1 aliphatic rings. The number of hydrogen-bond donors (Lipinski definition) is 1. The van der Waals surface area contributed by atoms with Crippen LogP contribution in [0.15, 0.2) is 54.6 Å². The average molecular weight is 352 g/mol. The number of nitrogens with two attached hydrogens (primary N) is 1. The maximum atomic E-state index is 12.2. The minimum absolute atomic E-state index is 0.134. The highest BCUT2D eigenvalue weighted by molar-refractivity contribution is 5.70. The maximum Gasteiger partial charge on any atom is 0.306 e. The molecule has 0 radical (unpaired) electrons. The number of likely N-dealkylation sites (tertiary alicyclic amines) is 1. The van der Waals surface area contributed by atoms with Gasteiger partial charge in [0.15, 0.2) is 5.60 Å². The second kappa shape index (κ2) is 7.92. The van der Waals surface area contributed by atoms with Crippen LogP contribution in [-0.2, 0) is 21.6 Å². The molecular weight excluding hydrogens is 324 g/mol. The third kappa shape index (κ3) is 3.75. The molecule has 2 atom stereocenters. The Morgan fingerprint density at radius 3 is 2.54 bits per heavy atom. The number of nitrogen functional groups attached to an aromatic ring is 1. The molecule has 0 aliphatic carbocycles. The molecule has 0 spiro atoms. The molecule has 2 aromatic carbocycles. The highest BCUT2D eigenvalue weighted by atomic mass is 16.6. The summed E-state index contributed by atoms with van der Waals surface area (Å²) < 4.78 is 6.05. The van der Waals surface area contributed by atoms with E-state index in [1.54, 1.807) is 0 Å². The van der Waals surface area contributed by atoms with Crippen LogP contribution in [0.1, 0.15) is 37.8 Å². The van der Waals surface area contributed by atoms with Gasteiger partial charge in [0.1, 0.15) is 0 Å². The predicted molar refractivity (Wildman–Crippen MR) is 105 cm³/mol. The number of nitrogens with zero attached hydrogens (tertiary/aromatic N) is 1. The number of benzene rings is 2. The van der Waals surface area contributed by atoms with E-state index in [9.17, 15) is 4.79 Å². The van der Waals surface area contributed by atoms with Crippen molar-refractivity contribution in [3.05, 3.63) is 65.7 Å². The fraction of sp³-hybridized carbons (Fsp3) is 0.409. The summed E-state index contributed by atoms with van der Waals surface area (Å²) in [5.41, 5.74) is 8.36. The van der Waals surface area contributed by atoms with Crippen LogP contribution in [0, 0.1) is 0 Å². The van der Waals surface area contributed by atoms with Crippen LogP contribution in [0.25, 0.3) is 0 Å². The molecular formula is C22H28N2O2. The molecule has 0 aromatic heterocycles. The van der Waals surface area contributed by atoms with Crippen molar-refractivity contribution < 1.29 is 9.53 Å². The van der Waals surface area contributed by atoms with Crippen molar-refractivity contribution in [3.8, 4) is 0 Å². The molecule has 0 bridgehead atoms. The number of carbonyl (C=O) groups is 1. The zero-order chi connectivity index (χ0) is 18.6. The Balaban J connectivity index is 1.77. The summed E-state index contributed by atoms with van der Waals surface area (Å²) in [6, 6.07) is 18.4. The maximum absolute atomic E-state index is 12.2. The van der Waals surface area contributed by atoms with Gasteiger partial charge >= 0.3 is 5.97 Å². The van der Waals surface area contributed by atoms with Gasteiger partial charge < -0.3 is 10.5 Å². The molecule has 0 amide bonds. The Labute approximate surface area is 156 Å². The van der Waals surface area contributed by atoms with Gasteiger partial charge in [-0.1, -0.05) is 49.4 Å². The lowest BCUT2D eigenvalue weighted by molar-refractivity contribution is -0.163. The number of anilines is 1. The summed E-state index contributed by atoms with van der Waals surface area (Å²) in [5.74, 6) is -0.138. The Kier molecular flexibility index (Phi) is 5.62. The van der Waals surface area contributed by atoms with Crippen molar-refractivity contribution >= 4 is 11.7 Å². The standard InChI is InChI=1S/C22H28N2O2/c1-3-21(25)26-22(19-7-5-4-6-8-19)14-16-24(17(22)2)15-13-18-9-11-20(23)12-10-18/h4-12,17H,3,13-16,23H2,1-2H3. The first-order valence-corrected chi connectivity index (χ1v) is 9.41.